The summed E-state index contributed by atoms with van der Waals surface area (Å²) in [7, 11) is 3.53. The van der Waals surface area contributed by atoms with Crippen LogP contribution in [0.2, 0.25) is 0 Å². The maximum absolute atomic E-state index is 12.4. The maximum atomic E-state index is 12.4. The number of aliphatic hydroxyl groups is 1. The Morgan fingerprint density at radius 1 is 1.35 bits per heavy atom. The zero-order chi connectivity index (χ0) is 18.6. The zero-order valence-corrected chi connectivity index (χ0v) is 15.3. The topological polar surface area (TPSA) is 79.6 Å². The highest BCUT2D eigenvalue weighted by Crippen LogP contribution is 2.30. The lowest BCUT2D eigenvalue weighted by Crippen LogP contribution is -2.50. The minimum absolute atomic E-state index is 0.106. The normalized spacial score (nSPS) is 16.3. The fourth-order valence-electron chi connectivity index (χ4n) is 3.34. The number of carbonyl (C=O) groups excluding carboxylic acids is 1. The second-order valence-corrected chi connectivity index (χ2v) is 6.85. The van der Waals surface area contributed by atoms with Crippen molar-refractivity contribution in [1.29, 1.82) is 0 Å². The van der Waals surface area contributed by atoms with Crippen molar-refractivity contribution in [3.8, 4) is 5.75 Å². The van der Waals surface area contributed by atoms with Gasteiger partial charge in [0.05, 0.1) is 31.3 Å². The average molecular weight is 358 g/mol. The van der Waals surface area contributed by atoms with Gasteiger partial charge < -0.3 is 24.6 Å². The van der Waals surface area contributed by atoms with E-state index in [9.17, 15) is 9.90 Å². The number of hydrogen-bond acceptors (Lipinski definition) is 4. The number of nitrogens with zero attached hydrogens (tertiary/aromatic N) is 3. The molecule has 7 nitrogen and oxygen atoms in total. The smallest absolute Gasteiger partial charge is 0.317 e. The fraction of sp³-hybridized carbons (Fsp3) is 0.474. The Labute approximate surface area is 153 Å². The summed E-state index contributed by atoms with van der Waals surface area (Å²) in [4.78, 5) is 18.2. The van der Waals surface area contributed by atoms with Crippen molar-refractivity contribution in [1.82, 2.24) is 19.8 Å². The molecule has 1 aromatic heterocycles. The van der Waals surface area contributed by atoms with Crippen LogP contribution in [0.15, 0.2) is 36.8 Å². The van der Waals surface area contributed by atoms with E-state index in [1.54, 1.807) is 24.5 Å². The summed E-state index contributed by atoms with van der Waals surface area (Å²) < 4.78 is 7.25. The third-order valence-electron chi connectivity index (χ3n) is 5.03. The van der Waals surface area contributed by atoms with Crippen LogP contribution in [0.25, 0.3) is 0 Å². The third-order valence-corrected chi connectivity index (χ3v) is 5.03. The number of imidazole rings is 1. The van der Waals surface area contributed by atoms with E-state index in [0.29, 0.717) is 38.9 Å². The number of rotatable bonds is 5. The number of benzene rings is 1. The molecule has 0 atom stereocenters. The van der Waals surface area contributed by atoms with E-state index in [2.05, 4.69) is 10.3 Å². The molecular formula is C19H26N4O3. The van der Waals surface area contributed by atoms with Crippen molar-refractivity contribution in [3.63, 3.8) is 0 Å². The van der Waals surface area contributed by atoms with Crippen LogP contribution in [0, 0.1) is 0 Å². The zero-order valence-electron chi connectivity index (χ0n) is 15.3. The van der Waals surface area contributed by atoms with Crippen molar-refractivity contribution in [2.24, 2.45) is 7.05 Å². The van der Waals surface area contributed by atoms with Crippen molar-refractivity contribution in [2.75, 3.05) is 20.2 Å². The van der Waals surface area contributed by atoms with Gasteiger partial charge in [0.2, 0.25) is 0 Å². The Morgan fingerprint density at radius 2 is 2.08 bits per heavy atom. The van der Waals surface area contributed by atoms with E-state index >= 15 is 0 Å². The molecule has 2 aromatic rings. The van der Waals surface area contributed by atoms with Gasteiger partial charge in [-0.1, -0.05) is 18.2 Å². The highest BCUT2D eigenvalue weighted by atomic mass is 16.5. The first-order valence-electron chi connectivity index (χ1n) is 8.83. The van der Waals surface area contributed by atoms with Gasteiger partial charge in [0.1, 0.15) is 5.75 Å². The van der Waals surface area contributed by atoms with Gasteiger partial charge in [-0.2, -0.15) is 0 Å². The van der Waals surface area contributed by atoms with Gasteiger partial charge in [0.15, 0.2) is 0 Å². The quantitative estimate of drug-likeness (QED) is 0.853. The fourth-order valence-corrected chi connectivity index (χ4v) is 3.34. The second kappa shape index (κ2) is 7.78. The van der Waals surface area contributed by atoms with Crippen molar-refractivity contribution in [3.05, 3.63) is 48.0 Å². The molecule has 7 heteroatoms. The molecular weight excluding hydrogens is 332 g/mol. The van der Waals surface area contributed by atoms with Crippen molar-refractivity contribution in [2.45, 2.75) is 31.4 Å². The first-order valence-corrected chi connectivity index (χ1v) is 8.83. The molecule has 0 radical (unpaired) electrons. The summed E-state index contributed by atoms with van der Waals surface area (Å²) >= 11 is 0. The lowest BCUT2D eigenvalue weighted by molar-refractivity contribution is -0.0120. The molecule has 2 N–H and O–H groups in total. The average Bonchev–Trinajstić information content (AvgIpc) is 3.05. The Kier molecular flexibility index (Phi) is 5.46. The molecule has 3 rings (SSSR count). The van der Waals surface area contributed by atoms with Crippen LogP contribution in [0.3, 0.4) is 0 Å². The summed E-state index contributed by atoms with van der Waals surface area (Å²) in [6.45, 7) is 1.50. The van der Waals surface area contributed by atoms with E-state index in [1.165, 1.54) is 0 Å². The molecule has 2 amide bonds. The first-order chi connectivity index (χ1) is 12.5. The number of ether oxygens (including phenoxy) is 1. The molecule has 0 aliphatic carbocycles. The second-order valence-electron chi connectivity index (χ2n) is 6.85. The number of nitrogens with one attached hydrogen (secondary N) is 1. The molecule has 0 unspecified atom stereocenters. The maximum Gasteiger partial charge on any atom is 0.317 e. The third kappa shape index (κ3) is 4.16. The van der Waals surface area contributed by atoms with Gasteiger partial charge in [-0.25, -0.2) is 9.78 Å². The number of piperidine rings is 1. The highest BCUT2D eigenvalue weighted by Gasteiger charge is 2.34. The van der Waals surface area contributed by atoms with E-state index in [1.807, 2.05) is 35.9 Å². The molecule has 1 aliphatic heterocycles. The van der Waals surface area contributed by atoms with Crippen molar-refractivity contribution >= 4 is 6.03 Å². The SMILES string of the molecule is COc1ccccc1CC1(O)CCN(C(=O)NCc2cncn2C)CC1. The number of likely N-dealkylation sites (tertiary alicyclic amines) is 1. The van der Waals surface area contributed by atoms with Crippen LogP contribution in [0.4, 0.5) is 4.79 Å². The van der Waals surface area contributed by atoms with E-state index in [0.717, 1.165) is 17.0 Å². The van der Waals surface area contributed by atoms with Gasteiger partial charge >= 0.3 is 6.03 Å². The minimum atomic E-state index is -0.812. The molecule has 0 saturated carbocycles. The number of amides is 2. The van der Waals surface area contributed by atoms with Crippen LogP contribution in [-0.2, 0) is 20.0 Å². The van der Waals surface area contributed by atoms with E-state index in [-0.39, 0.29) is 6.03 Å². The van der Waals surface area contributed by atoms with Gasteiger partial charge in [-0.05, 0) is 24.5 Å². The van der Waals surface area contributed by atoms with Gasteiger partial charge in [0, 0.05) is 32.8 Å². The molecule has 1 fully saturated rings. The van der Waals surface area contributed by atoms with E-state index in [4.69, 9.17) is 4.74 Å². The Bertz CT molecular complexity index is 751. The number of methoxy groups -OCH3 is 1. The standard InChI is InChI=1S/C19H26N4O3/c1-22-14-20-12-16(22)13-21-18(24)23-9-7-19(25,8-10-23)11-15-5-3-4-6-17(15)26-2/h3-6,12,14,25H,7-11,13H2,1-2H3,(H,21,24). The Hall–Kier alpha value is -2.54. The lowest BCUT2D eigenvalue weighted by atomic mass is 9.85. The summed E-state index contributed by atoms with van der Waals surface area (Å²) in [5, 5.41) is 13.9. The van der Waals surface area contributed by atoms with Crippen LogP contribution in [0.5, 0.6) is 5.75 Å². The summed E-state index contributed by atoms with van der Waals surface area (Å²) in [5.41, 5.74) is 1.13. The van der Waals surface area contributed by atoms with Crippen LogP contribution in [-0.4, -0.2) is 51.4 Å². The van der Waals surface area contributed by atoms with Crippen LogP contribution in [0.1, 0.15) is 24.1 Å². The van der Waals surface area contributed by atoms with Crippen molar-refractivity contribution < 1.29 is 14.6 Å². The van der Waals surface area contributed by atoms with Gasteiger partial charge in [-0.3, -0.25) is 0 Å². The molecule has 1 aliphatic rings. The van der Waals surface area contributed by atoms with Crippen LogP contribution < -0.4 is 10.1 Å². The molecule has 0 bridgehead atoms. The molecule has 1 saturated heterocycles. The predicted octanol–water partition coefficient (Wildman–Crippen LogP) is 1.71. The molecule has 140 valence electrons. The number of carbonyl (C=O) groups is 1. The summed E-state index contributed by atoms with van der Waals surface area (Å²) in [6.07, 6.45) is 5.07. The molecule has 2 heterocycles. The number of urea groups is 1. The van der Waals surface area contributed by atoms with Gasteiger partial charge in [0.25, 0.3) is 0 Å². The summed E-state index contributed by atoms with van der Waals surface area (Å²) in [6, 6.07) is 7.64. The number of para-hydroxylation sites is 1. The minimum Gasteiger partial charge on any atom is -0.496 e. The van der Waals surface area contributed by atoms with E-state index < -0.39 is 5.60 Å². The Morgan fingerprint density at radius 3 is 2.73 bits per heavy atom. The molecule has 26 heavy (non-hydrogen) atoms. The van der Waals surface area contributed by atoms with Crippen LogP contribution >= 0.6 is 0 Å². The largest absolute Gasteiger partial charge is 0.496 e. The highest BCUT2D eigenvalue weighted by molar-refractivity contribution is 5.74. The number of hydrogen-bond donors (Lipinski definition) is 2. The molecule has 0 spiro atoms. The number of aryl methyl sites for hydroxylation is 1. The lowest BCUT2D eigenvalue weighted by Gasteiger charge is -2.38. The Balaban J connectivity index is 1.53. The monoisotopic (exact) mass is 358 g/mol. The summed E-state index contributed by atoms with van der Waals surface area (Å²) in [5.74, 6) is 0.789. The molecule has 1 aromatic carbocycles. The first kappa shape index (κ1) is 18.3. The van der Waals surface area contributed by atoms with Gasteiger partial charge in [-0.15, -0.1) is 0 Å². The predicted molar refractivity (Wildman–Crippen MR) is 97.9 cm³/mol. The number of aromatic nitrogens is 2.